The zero-order valence-corrected chi connectivity index (χ0v) is 10.1. The van der Waals surface area contributed by atoms with E-state index in [0.717, 1.165) is 31.4 Å². The van der Waals surface area contributed by atoms with Gasteiger partial charge in [0.2, 0.25) is 0 Å². The summed E-state index contributed by atoms with van der Waals surface area (Å²) in [4.78, 5) is 11.2. The first kappa shape index (κ1) is 12.3. The Balaban J connectivity index is 2.10. The van der Waals surface area contributed by atoms with Crippen LogP contribution in [0.3, 0.4) is 0 Å². The number of carbonyl (C=O) groups is 1. The molecule has 0 N–H and O–H groups in total. The van der Waals surface area contributed by atoms with Crippen LogP contribution in [0.1, 0.15) is 31.7 Å². The van der Waals surface area contributed by atoms with Gasteiger partial charge in [0, 0.05) is 6.42 Å². The maximum absolute atomic E-state index is 11.2. The molecule has 1 aromatic carbocycles. The van der Waals surface area contributed by atoms with Crippen molar-refractivity contribution >= 4 is 16.9 Å². The van der Waals surface area contributed by atoms with Crippen LogP contribution in [-0.2, 0) is 11.2 Å². The summed E-state index contributed by atoms with van der Waals surface area (Å²) in [5.41, 5.74) is 1.37. The van der Waals surface area contributed by atoms with Crippen molar-refractivity contribution in [2.24, 2.45) is 0 Å². The Morgan fingerprint density at radius 1 is 1.20 bits per heavy atom. The van der Waals surface area contributed by atoms with E-state index in [1.807, 2.05) is 13.0 Å². The van der Waals surface area contributed by atoms with E-state index < -0.39 is 0 Å². The number of aryl methyl sites for hydroxylation is 1. The van der Waals surface area contributed by atoms with Gasteiger partial charge in [-0.15, -0.1) is 0 Å². The lowest BCUT2D eigenvalue weighted by atomic mass is 10.1. The lowest BCUT2D eigenvalue weighted by Crippen LogP contribution is -1.93. The van der Waals surface area contributed by atoms with Gasteiger partial charge >= 0.3 is 0 Å². The average Bonchev–Trinajstić information content (AvgIpc) is 2.26. The highest BCUT2D eigenvalue weighted by Crippen LogP contribution is 2.10. The van der Waals surface area contributed by atoms with E-state index in [0.29, 0.717) is 5.12 Å². The van der Waals surface area contributed by atoms with Gasteiger partial charge in [0.15, 0.2) is 5.12 Å². The quantitative estimate of drug-likeness (QED) is 0.683. The lowest BCUT2D eigenvalue weighted by molar-refractivity contribution is -0.111. The maximum atomic E-state index is 11.2. The first-order valence-electron chi connectivity index (χ1n) is 5.52. The third-order valence-electron chi connectivity index (χ3n) is 2.24. The molecule has 15 heavy (non-hydrogen) atoms. The van der Waals surface area contributed by atoms with Crippen LogP contribution in [0.5, 0.6) is 0 Å². The predicted molar refractivity (Wildman–Crippen MR) is 67.1 cm³/mol. The van der Waals surface area contributed by atoms with Crippen LogP contribution in [0, 0.1) is 0 Å². The molecule has 1 nitrogen and oxygen atoms in total. The predicted octanol–water partition coefficient (Wildman–Crippen LogP) is 3.68. The molecule has 0 aliphatic rings. The van der Waals surface area contributed by atoms with Crippen molar-refractivity contribution in [1.82, 2.24) is 0 Å². The summed E-state index contributed by atoms with van der Waals surface area (Å²) in [6, 6.07) is 10.4. The summed E-state index contributed by atoms with van der Waals surface area (Å²) in [7, 11) is 0. The second-order valence-electron chi connectivity index (χ2n) is 3.50. The fourth-order valence-corrected chi connectivity index (χ4v) is 2.09. The van der Waals surface area contributed by atoms with Crippen molar-refractivity contribution in [2.45, 2.75) is 32.6 Å². The van der Waals surface area contributed by atoms with Crippen molar-refractivity contribution in [3.05, 3.63) is 35.9 Å². The molecule has 0 saturated heterocycles. The Kier molecular flexibility index (Phi) is 6.17. The summed E-state index contributed by atoms with van der Waals surface area (Å²) in [5, 5.41) is 0.338. The number of carbonyl (C=O) groups excluding carboxylic acids is 1. The second kappa shape index (κ2) is 7.52. The van der Waals surface area contributed by atoms with Gasteiger partial charge in [-0.2, -0.15) is 0 Å². The van der Waals surface area contributed by atoms with E-state index in [1.54, 1.807) is 0 Å². The van der Waals surface area contributed by atoms with Crippen molar-refractivity contribution in [3.63, 3.8) is 0 Å². The van der Waals surface area contributed by atoms with Crippen molar-refractivity contribution in [2.75, 3.05) is 5.75 Å². The molecule has 0 spiro atoms. The minimum Gasteiger partial charge on any atom is -0.287 e. The van der Waals surface area contributed by atoms with Crippen LogP contribution in [0.2, 0.25) is 0 Å². The normalized spacial score (nSPS) is 10.2. The van der Waals surface area contributed by atoms with E-state index in [-0.39, 0.29) is 0 Å². The van der Waals surface area contributed by atoms with Crippen molar-refractivity contribution < 1.29 is 4.79 Å². The van der Waals surface area contributed by atoms with Crippen molar-refractivity contribution in [1.29, 1.82) is 0 Å². The molecular formula is C13H18OS. The van der Waals surface area contributed by atoms with Gasteiger partial charge in [-0.1, -0.05) is 49.0 Å². The van der Waals surface area contributed by atoms with E-state index in [2.05, 4.69) is 24.3 Å². The molecule has 1 rings (SSSR count). The molecule has 0 heterocycles. The molecule has 82 valence electrons. The number of hydrogen-bond donors (Lipinski definition) is 0. The molecule has 2 heteroatoms. The molecular weight excluding hydrogens is 204 g/mol. The van der Waals surface area contributed by atoms with Crippen LogP contribution in [0.4, 0.5) is 0 Å². The monoisotopic (exact) mass is 222 g/mol. The van der Waals surface area contributed by atoms with E-state index in [9.17, 15) is 4.79 Å². The fourth-order valence-electron chi connectivity index (χ4n) is 1.48. The zero-order valence-electron chi connectivity index (χ0n) is 9.24. The minimum absolute atomic E-state index is 0.338. The molecule has 0 atom stereocenters. The summed E-state index contributed by atoms with van der Waals surface area (Å²) >= 11 is 1.44. The first-order chi connectivity index (χ1) is 7.33. The zero-order chi connectivity index (χ0) is 10.9. The Morgan fingerprint density at radius 3 is 2.60 bits per heavy atom. The molecule has 0 amide bonds. The summed E-state index contributed by atoms with van der Waals surface area (Å²) in [5.74, 6) is 0.900. The minimum atomic E-state index is 0.338. The lowest BCUT2D eigenvalue weighted by Gasteiger charge is -2.00. The molecule has 0 aliphatic carbocycles. The molecule has 0 bridgehead atoms. The topological polar surface area (TPSA) is 17.1 Å². The average molecular weight is 222 g/mol. The van der Waals surface area contributed by atoms with Crippen LogP contribution in [0.25, 0.3) is 0 Å². The van der Waals surface area contributed by atoms with Gasteiger partial charge in [-0.3, -0.25) is 4.79 Å². The third kappa shape index (κ3) is 5.63. The van der Waals surface area contributed by atoms with Crippen molar-refractivity contribution in [3.8, 4) is 0 Å². The van der Waals surface area contributed by atoms with Gasteiger partial charge in [-0.25, -0.2) is 0 Å². The largest absolute Gasteiger partial charge is 0.287 e. The number of rotatable bonds is 6. The standard InChI is InChI=1S/C13H18OS/c1-2-15-13(14)11-7-6-10-12-8-4-3-5-9-12/h3-5,8-9H,2,6-7,10-11H2,1H3. The van der Waals surface area contributed by atoms with E-state index >= 15 is 0 Å². The summed E-state index contributed by atoms with van der Waals surface area (Å²) < 4.78 is 0. The van der Waals surface area contributed by atoms with Gasteiger partial charge in [0.05, 0.1) is 0 Å². The van der Waals surface area contributed by atoms with Crippen LogP contribution >= 0.6 is 11.8 Å². The number of thioether (sulfide) groups is 1. The van der Waals surface area contributed by atoms with E-state index in [1.165, 1.54) is 17.3 Å². The highest BCUT2D eigenvalue weighted by Gasteiger charge is 2.00. The van der Waals surface area contributed by atoms with Gasteiger partial charge in [-0.05, 0) is 30.6 Å². The summed E-state index contributed by atoms with van der Waals surface area (Å²) in [6.07, 6.45) is 3.94. The van der Waals surface area contributed by atoms with Crippen LogP contribution < -0.4 is 0 Å². The smallest absolute Gasteiger partial charge is 0.188 e. The number of hydrogen-bond acceptors (Lipinski definition) is 2. The van der Waals surface area contributed by atoms with E-state index in [4.69, 9.17) is 0 Å². The Labute approximate surface area is 96.3 Å². The Hall–Kier alpha value is -0.760. The molecule has 0 unspecified atom stereocenters. The molecule has 0 fully saturated rings. The highest BCUT2D eigenvalue weighted by molar-refractivity contribution is 8.13. The van der Waals surface area contributed by atoms with Crippen LogP contribution in [0.15, 0.2) is 30.3 Å². The first-order valence-corrected chi connectivity index (χ1v) is 6.51. The third-order valence-corrected chi connectivity index (χ3v) is 3.06. The fraction of sp³-hybridized carbons (Fsp3) is 0.462. The Bertz CT molecular complexity index is 282. The molecule has 0 aliphatic heterocycles. The number of unbranched alkanes of at least 4 members (excludes halogenated alkanes) is 1. The second-order valence-corrected chi connectivity index (χ2v) is 4.82. The van der Waals surface area contributed by atoms with Crippen LogP contribution in [-0.4, -0.2) is 10.9 Å². The molecule has 0 aromatic heterocycles. The molecule has 0 radical (unpaired) electrons. The van der Waals surface area contributed by atoms with Gasteiger partial charge in [0.1, 0.15) is 0 Å². The molecule has 1 aromatic rings. The maximum Gasteiger partial charge on any atom is 0.188 e. The SMILES string of the molecule is CCSC(=O)CCCCc1ccccc1. The van der Waals surface area contributed by atoms with Gasteiger partial charge < -0.3 is 0 Å². The summed E-state index contributed by atoms with van der Waals surface area (Å²) in [6.45, 7) is 2.02. The highest BCUT2D eigenvalue weighted by atomic mass is 32.2. The molecule has 0 saturated carbocycles. The Morgan fingerprint density at radius 2 is 1.93 bits per heavy atom. The van der Waals surface area contributed by atoms with Gasteiger partial charge in [0.25, 0.3) is 0 Å². The number of benzene rings is 1.